The molecule has 1 aromatic rings. The first-order valence-electron chi connectivity index (χ1n) is 7.22. The van der Waals surface area contributed by atoms with Gasteiger partial charge < -0.3 is 9.64 Å². The van der Waals surface area contributed by atoms with Gasteiger partial charge in [-0.1, -0.05) is 29.8 Å². The molecule has 0 spiro atoms. The van der Waals surface area contributed by atoms with Gasteiger partial charge in [0.2, 0.25) is 5.91 Å². The van der Waals surface area contributed by atoms with Gasteiger partial charge in [-0.25, -0.2) is 0 Å². The minimum Gasteiger partial charge on any atom is -0.469 e. The second-order valence-corrected chi connectivity index (χ2v) is 5.33. The van der Waals surface area contributed by atoms with E-state index in [0.29, 0.717) is 6.54 Å². The monoisotopic (exact) mass is 287 g/mol. The Hall–Kier alpha value is -2.10. The molecule has 1 aliphatic rings. The number of hydrogen-bond donors (Lipinski definition) is 0. The van der Waals surface area contributed by atoms with Crippen LogP contribution in [0.25, 0.3) is 6.08 Å². The second-order valence-electron chi connectivity index (χ2n) is 5.33. The second kappa shape index (κ2) is 7.07. The summed E-state index contributed by atoms with van der Waals surface area (Å²) in [5, 5.41) is 0. The van der Waals surface area contributed by atoms with Crippen molar-refractivity contribution in [2.24, 2.45) is 0 Å². The minimum absolute atomic E-state index is 0.0398. The molecular weight excluding hydrogens is 266 g/mol. The predicted octanol–water partition coefficient (Wildman–Crippen LogP) is 2.56. The van der Waals surface area contributed by atoms with Gasteiger partial charge in [0.05, 0.1) is 13.5 Å². The molecule has 0 radical (unpaired) electrons. The lowest BCUT2D eigenvalue weighted by molar-refractivity contribution is -0.141. The molecule has 0 bridgehead atoms. The number of rotatable bonds is 6. The molecule has 4 nitrogen and oxygen atoms in total. The van der Waals surface area contributed by atoms with Crippen LogP contribution in [-0.2, 0) is 14.3 Å². The Kier molecular flexibility index (Phi) is 5.14. The summed E-state index contributed by atoms with van der Waals surface area (Å²) in [6, 6.07) is 8.27. The zero-order chi connectivity index (χ0) is 15.2. The average Bonchev–Trinajstić information content (AvgIpc) is 3.31. The van der Waals surface area contributed by atoms with E-state index in [1.807, 2.05) is 37.3 Å². The Bertz CT molecular complexity index is 529. The van der Waals surface area contributed by atoms with E-state index in [2.05, 4.69) is 4.74 Å². The quantitative estimate of drug-likeness (QED) is 0.597. The van der Waals surface area contributed by atoms with E-state index >= 15 is 0 Å². The summed E-state index contributed by atoms with van der Waals surface area (Å²) in [6.45, 7) is 2.45. The van der Waals surface area contributed by atoms with Crippen molar-refractivity contribution in [3.63, 3.8) is 0 Å². The molecule has 1 saturated carbocycles. The van der Waals surface area contributed by atoms with Crippen molar-refractivity contribution in [3.05, 3.63) is 41.5 Å². The first kappa shape index (κ1) is 15.3. The molecule has 0 atom stereocenters. The fourth-order valence-corrected chi connectivity index (χ4v) is 2.11. The average molecular weight is 287 g/mol. The molecule has 0 aromatic heterocycles. The first-order chi connectivity index (χ1) is 10.1. The molecule has 2 rings (SSSR count). The van der Waals surface area contributed by atoms with Crippen molar-refractivity contribution < 1.29 is 14.3 Å². The topological polar surface area (TPSA) is 46.6 Å². The normalized spacial score (nSPS) is 14.2. The maximum atomic E-state index is 12.3. The summed E-state index contributed by atoms with van der Waals surface area (Å²) < 4.78 is 4.63. The summed E-state index contributed by atoms with van der Waals surface area (Å²) in [7, 11) is 1.36. The fraction of sp³-hybridized carbons (Fsp3) is 0.412. The van der Waals surface area contributed by atoms with Crippen molar-refractivity contribution in [2.45, 2.75) is 32.2 Å². The van der Waals surface area contributed by atoms with Gasteiger partial charge in [-0.2, -0.15) is 0 Å². The zero-order valence-corrected chi connectivity index (χ0v) is 12.5. The van der Waals surface area contributed by atoms with Gasteiger partial charge in [0.1, 0.15) is 0 Å². The van der Waals surface area contributed by atoms with Gasteiger partial charge in [0.15, 0.2) is 0 Å². The Labute approximate surface area is 125 Å². The Morgan fingerprint density at radius 1 is 1.29 bits per heavy atom. The minimum atomic E-state index is -0.282. The van der Waals surface area contributed by atoms with Crippen molar-refractivity contribution >= 4 is 18.0 Å². The molecule has 4 heteroatoms. The lowest BCUT2D eigenvalue weighted by Crippen LogP contribution is -2.33. The van der Waals surface area contributed by atoms with E-state index in [0.717, 1.165) is 18.4 Å². The summed E-state index contributed by atoms with van der Waals surface area (Å²) >= 11 is 0. The van der Waals surface area contributed by atoms with Crippen LogP contribution in [-0.4, -0.2) is 36.5 Å². The van der Waals surface area contributed by atoms with E-state index in [4.69, 9.17) is 0 Å². The van der Waals surface area contributed by atoms with Gasteiger partial charge in [0, 0.05) is 18.7 Å². The standard InChI is InChI=1S/C17H21NO3/c1-13-3-5-14(6-4-13)7-10-16(19)18(15-8-9-15)12-11-17(20)21-2/h3-7,10,15H,8-9,11-12H2,1-2H3/b10-7+. The third-order valence-electron chi connectivity index (χ3n) is 3.55. The zero-order valence-electron chi connectivity index (χ0n) is 12.5. The third kappa shape index (κ3) is 4.74. The number of nitrogens with zero attached hydrogens (tertiary/aromatic N) is 1. The van der Waals surface area contributed by atoms with Crippen LogP contribution in [0.4, 0.5) is 0 Å². The number of amides is 1. The van der Waals surface area contributed by atoms with E-state index in [1.165, 1.54) is 12.7 Å². The van der Waals surface area contributed by atoms with Crippen LogP contribution >= 0.6 is 0 Å². The van der Waals surface area contributed by atoms with Crippen molar-refractivity contribution in [3.8, 4) is 0 Å². The number of methoxy groups -OCH3 is 1. The Morgan fingerprint density at radius 2 is 1.95 bits per heavy atom. The maximum Gasteiger partial charge on any atom is 0.307 e. The Balaban J connectivity index is 1.95. The number of hydrogen-bond acceptors (Lipinski definition) is 3. The molecule has 1 aliphatic carbocycles. The van der Waals surface area contributed by atoms with Crippen LogP contribution in [0.15, 0.2) is 30.3 Å². The van der Waals surface area contributed by atoms with Gasteiger partial charge >= 0.3 is 5.97 Å². The van der Waals surface area contributed by atoms with Crippen LogP contribution in [0.1, 0.15) is 30.4 Å². The number of carbonyl (C=O) groups excluding carboxylic acids is 2. The molecule has 0 heterocycles. The van der Waals surface area contributed by atoms with E-state index in [-0.39, 0.29) is 24.3 Å². The highest BCUT2D eigenvalue weighted by Crippen LogP contribution is 2.27. The smallest absolute Gasteiger partial charge is 0.307 e. The molecule has 1 amide bonds. The first-order valence-corrected chi connectivity index (χ1v) is 7.22. The molecule has 0 aliphatic heterocycles. The fourth-order valence-electron chi connectivity index (χ4n) is 2.11. The number of ether oxygens (including phenoxy) is 1. The molecule has 0 unspecified atom stereocenters. The highest BCUT2D eigenvalue weighted by Gasteiger charge is 2.31. The number of aryl methyl sites for hydroxylation is 1. The third-order valence-corrected chi connectivity index (χ3v) is 3.55. The maximum absolute atomic E-state index is 12.3. The summed E-state index contributed by atoms with van der Waals surface area (Å²) in [5.41, 5.74) is 2.19. The van der Waals surface area contributed by atoms with Gasteiger partial charge in [-0.05, 0) is 31.4 Å². The Morgan fingerprint density at radius 3 is 2.52 bits per heavy atom. The number of benzene rings is 1. The highest BCUT2D eigenvalue weighted by molar-refractivity contribution is 5.92. The number of carbonyl (C=O) groups is 2. The van der Waals surface area contributed by atoms with Gasteiger partial charge in [-0.3, -0.25) is 9.59 Å². The summed E-state index contributed by atoms with van der Waals surface area (Å²) in [5.74, 6) is -0.321. The molecule has 1 aromatic carbocycles. The van der Waals surface area contributed by atoms with Crippen molar-refractivity contribution in [2.75, 3.05) is 13.7 Å². The molecule has 0 saturated heterocycles. The summed E-state index contributed by atoms with van der Waals surface area (Å²) in [6.07, 6.45) is 5.68. The van der Waals surface area contributed by atoms with Gasteiger partial charge in [0.25, 0.3) is 0 Å². The van der Waals surface area contributed by atoms with Crippen LogP contribution in [0.2, 0.25) is 0 Å². The van der Waals surface area contributed by atoms with Crippen LogP contribution < -0.4 is 0 Å². The van der Waals surface area contributed by atoms with Gasteiger partial charge in [-0.15, -0.1) is 0 Å². The summed E-state index contributed by atoms with van der Waals surface area (Å²) in [4.78, 5) is 25.2. The molecule has 1 fully saturated rings. The van der Waals surface area contributed by atoms with E-state index in [9.17, 15) is 9.59 Å². The van der Waals surface area contributed by atoms with Crippen LogP contribution in [0, 0.1) is 6.92 Å². The van der Waals surface area contributed by atoms with E-state index < -0.39 is 0 Å². The predicted molar refractivity (Wildman–Crippen MR) is 81.6 cm³/mol. The lowest BCUT2D eigenvalue weighted by Gasteiger charge is -2.20. The van der Waals surface area contributed by atoms with Crippen LogP contribution in [0.3, 0.4) is 0 Å². The van der Waals surface area contributed by atoms with E-state index in [1.54, 1.807) is 11.0 Å². The van der Waals surface area contributed by atoms with Crippen LogP contribution in [0.5, 0.6) is 0 Å². The molecule has 112 valence electrons. The SMILES string of the molecule is COC(=O)CCN(C(=O)/C=C/c1ccc(C)cc1)C1CC1. The number of esters is 1. The molecule has 21 heavy (non-hydrogen) atoms. The van der Waals surface area contributed by atoms with Crippen molar-refractivity contribution in [1.29, 1.82) is 0 Å². The lowest BCUT2D eigenvalue weighted by atomic mass is 10.1. The highest BCUT2D eigenvalue weighted by atomic mass is 16.5. The van der Waals surface area contributed by atoms with Crippen molar-refractivity contribution in [1.82, 2.24) is 4.90 Å². The largest absolute Gasteiger partial charge is 0.469 e. The molecule has 0 N–H and O–H groups in total. The molecular formula is C17H21NO3.